The first-order valence-electron chi connectivity index (χ1n) is 9.75. The first-order chi connectivity index (χ1) is 14.2. The zero-order valence-corrected chi connectivity index (χ0v) is 17.5. The standard InChI is InChI=1S/C22H25ClFN3O3/c1-22(13-15-2-5-17(24)6-3-15)8-10-27(11-9-22)20(28)14-30-19-7-4-16(23)12-18(19)26-21(25)29/h2-7,12H,8-11,13-14H2,1H3,(H3,25,26,29). The van der Waals surface area contributed by atoms with E-state index in [-0.39, 0.29) is 23.7 Å². The second-order valence-electron chi connectivity index (χ2n) is 7.91. The van der Waals surface area contributed by atoms with Crippen LogP contribution < -0.4 is 15.8 Å². The summed E-state index contributed by atoms with van der Waals surface area (Å²) < 4.78 is 18.7. The summed E-state index contributed by atoms with van der Waals surface area (Å²) in [6.07, 6.45) is 2.55. The number of primary amides is 1. The molecule has 0 atom stereocenters. The van der Waals surface area contributed by atoms with E-state index in [4.69, 9.17) is 22.1 Å². The summed E-state index contributed by atoms with van der Waals surface area (Å²) in [5.41, 5.74) is 6.63. The van der Waals surface area contributed by atoms with Crippen molar-refractivity contribution in [1.29, 1.82) is 0 Å². The highest BCUT2D eigenvalue weighted by molar-refractivity contribution is 6.31. The second-order valence-corrected chi connectivity index (χ2v) is 8.35. The second kappa shape index (κ2) is 9.34. The summed E-state index contributed by atoms with van der Waals surface area (Å²) in [4.78, 5) is 25.5. The monoisotopic (exact) mass is 433 g/mol. The molecule has 0 aliphatic carbocycles. The Morgan fingerprint density at radius 1 is 1.20 bits per heavy atom. The summed E-state index contributed by atoms with van der Waals surface area (Å²) in [7, 11) is 0. The number of anilines is 1. The molecule has 3 N–H and O–H groups in total. The van der Waals surface area contributed by atoms with Crippen molar-refractivity contribution in [2.45, 2.75) is 26.2 Å². The summed E-state index contributed by atoms with van der Waals surface area (Å²) in [6, 6.07) is 10.5. The molecule has 160 valence electrons. The number of halogens is 2. The number of rotatable bonds is 6. The lowest BCUT2D eigenvalue weighted by molar-refractivity contribution is -0.135. The van der Waals surface area contributed by atoms with Crippen molar-refractivity contribution in [3.05, 3.63) is 58.9 Å². The van der Waals surface area contributed by atoms with Gasteiger partial charge in [0.2, 0.25) is 0 Å². The first-order valence-corrected chi connectivity index (χ1v) is 10.1. The number of nitrogens with two attached hydrogens (primary N) is 1. The van der Waals surface area contributed by atoms with Gasteiger partial charge in [0.15, 0.2) is 6.61 Å². The van der Waals surface area contributed by atoms with Crippen LogP contribution >= 0.6 is 11.6 Å². The van der Waals surface area contributed by atoms with Crippen LogP contribution in [0.4, 0.5) is 14.9 Å². The van der Waals surface area contributed by atoms with Crippen molar-refractivity contribution in [3.8, 4) is 5.75 Å². The molecule has 1 aliphatic rings. The van der Waals surface area contributed by atoms with E-state index in [0.29, 0.717) is 29.5 Å². The maximum atomic E-state index is 13.1. The molecule has 6 nitrogen and oxygen atoms in total. The summed E-state index contributed by atoms with van der Waals surface area (Å²) in [5, 5.41) is 2.85. The number of nitrogens with one attached hydrogen (secondary N) is 1. The molecule has 2 aromatic rings. The number of carbonyl (C=O) groups is 2. The van der Waals surface area contributed by atoms with Crippen LogP contribution in [0.25, 0.3) is 0 Å². The topological polar surface area (TPSA) is 84.7 Å². The van der Waals surface area contributed by atoms with E-state index in [1.54, 1.807) is 17.0 Å². The van der Waals surface area contributed by atoms with Crippen molar-refractivity contribution in [1.82, 2.24) is 4.90 Å². The van der Waals surface area contributed by atoms with Gasteiger partial charge in [0.05, 0.1) is 5.69 Å². The van der Waals surface area contributed by atoms with Crippen molar-refractivity contribution in [2.75, 3.05) is 25.0 Å². The number of amides is 3. The largest absolute Gasteiger partial charge is 0.482 e. The van der Waals surface area contributed by atoms with Crippen molar-refractivity contribution in [2.24, 2.45) is 11.1 Å². The van der Waals surface area contributed by atoms with Gasteiger partial charge in [-0.2, -0.15) is 0 Å². The van der Waals surface area contributed by atoms with E-state index >= 15 is 0 Å². The highest BCUT2D eigenvalue weighted by Crippen LogP contribution is 2.35. The van der Waals surface area contributed by atoms with Crippen LogP contribution in [0.15, 0.2) is 42.5 Å². The van der Waals surface area contributed by atoms with Gasteiger partial charge in [-0.25, -0.2) is 9.18 Å². The van der Waals surface area contributed by atoms with Gasteiger partial charge < -0.3 is 20.7 Å². The molecule has 3 rings (SSSR count). The number of nitrogens with zero attached hydrogens (tertiary/aromatic N) is 1. The molecule has 8 heteroatoms. The van der Waals surface area contributed by atoms with Crippen LogP contribution in [0.1, 0.15) is 25.3 Å². The predicted octanol–water partition coefficient (Wildman–Crippen LogP) is 4.22. The number of urea groups is 1. The van der Waals surface area contributed by atoms with Crippen LogP contribution in [0.5, 0.6) is 5.75 Å². The molecule has 1 saturated heterocycles. The average Bonchev–Trinajstić information content (AvgIpc) is 2.69. The van der Waals surface area contributed by atoms with Crippen molar-refractivity contribution in [3.63, 3.8) is 0 Å². The minimum absolute atomic E-state index is 0.0597. The molecule has 1 aliphatic heterocycles. The SMILES string of the molecule is CC1(Cc2ccc(F)cc2)CCN(C(=O)COc2ccc(Cl)cc2NC(N)=O)CC1. The van der Waals surface area contributed by atoms with Gasteiger partial charge in [0.25, 0.3) is 5.91 Å². The third-order valence-corrected chi connectivity index (χ3v) is 5.65. The van der Waals surface area contributed by atoms with Gasteiger partial charge in [-0.3, -0.25) is 4.79 Å². The van der Waals surface area contributed by atoms with E-state index in [0.717, 1.165) is 24.8 Å². The van der Waals surface area contributed by atoms with Crippen LogP contribution in [0.2, 0.25) is 5.02 Å². The summed E-state index contributed by atoms with van der Waals surface area (Å²) >= 11 is 5.94. The molecule has 0 saturated carbocycles. The van der Waals surface area contributed by atoms with Crippen molar-refractivity contribution >= 4 is 29.2 Å². The van der Waals surface area contributed by atoms with E-state index in [2.05, 4.69) is 12.2 Å². The maximum absolute atomic E-state index is 13.1. The molecule has 0 bridgehead atoms. The van der Waals surface area contributed by atoms with E-state index in [1.165, 1.54) is 18.2 Å². The zero-order valence-electron chi connectivity index (χ0n) is 16.8. The Labute approximate surface area is 180 Å². The lowest BCUT2D eigenvalue weighted by atomic mass is 9.75. The van der Waals surface area contributed by atoms with E-state index < -0.39 is 6.03 Å². The summed E-state index contributed by atoms with van der Waals surface area (Å²) in [5.74, 6) is -0.0392. The fourth-order valence-corrected chi connectivity index (χ4v) is 3.83. The zero-order chi connectivity index (χ0) is 21.7. The van der Waals surface area contributed by atoms with Gasteiger partial charge >= 0.3 is 6.03 Å². The van der Waals surface area contributed by atoms with E-state index in [1.807, 2.05) is 12.1 Å². The Bertz CT molecular complexity index is 912. The number of likely N-dealkylation sites (tertiary alicyclic amines) is 1. The van der Waals surface area contributed by atoms with Crippen molar-refractivity contribution < 1.29 is 18.7 Å². The first kappa shape index (κ1) is 21.9. The Hall–Kier alpha value is -2.80. The third kappa shape index (κ3) is 5.86. The minimum atomic E-state index is -0.745. The molecule has 30 heavy (non-hydrogen) atoms. The smallest absolute Gasteiger partial charge is 0.316 e. The molecule has 1 fully saturated rings. The molecule has 0 unspecified atom stereocenters. The normalized spacial score (nSPS) is 15.5. The predicted molar refractivity (Wildman–Crippen MR) is 114 cm³/mol. The minimum Gasteiger partial charge on any atom is -0.482 e. The number of ether oxygens (including phenoxy) is 1. The molecular weight excluding hydrogens is 409 g/mol. The van der Waals surface area contributed by atoms with Crippen LogP contribution in [-0.4, -0.2) is 36.5 Å². The lowest BCUT2D eigenvalue weighted by Gasteiger charge is -2.39. The average molecular weight is 434 g/mol. The number of hydrogen-bond acceptors (Lipinski definition) is 3. The van der Waals surface area contributed by atoms with Gasteiger partial charge in [-0.1, -0.05) is 30.7 Å². The van der Waals surface area contributed by atoms with Gasteiger partial charge in [0, 0.05) is 18.1 Å². The maximum Gasteiger partial charge on any atom is 0.316 e. The molecule has 0 spiro atoms. The van der Waals surface area contributed by atoms with Gasteiger partial charge in [-0.05, 0) is 60.6 Å². The Morgan fingerprint density at radius 2 is 1.87 bits per heavy atom. The number of carbonyl (C=O) groups excluding carboxylic acids is 2. The summed E-state index contributed by atoms with van der Waals surface area (Å²) in [6.45, 7) is 3.31. The van der Waals surface area contributed by atoms with Gasteiger partial charge in [0.1, 0.15) is 11.6 Å². The highest BCUT2D eigenvalue weighted by atomic mass is 35.5. The van der Waals surface area contributed by atoms with E-state index in [9.17, 15) is 14.0 Å². The molecular formula is C22H25ClFN3O3. The molecule has 0 aromatic heterocycles. The molecule has 2 aromatic carbocycles. The fraction of sp³-hybridized carbons (Fsp3) is 0.364. The Balaban J connectivity index is 1.53. The van der Waals surface area contributed by atoms with Crippen LogP contribution in [-0.2, 0) is 11.2 Å². The van der Waals surface area contributed by atoms with Crippen LogP contribution in [0.3, 0.4) is 0 Å². The third-order valence-electron chi connectivity index (χ3n) is 5.42. The molecule has 0 radical (unpaired) electrons. The number of hydrogen-bond donors (Lipinski definition) is 2. The number of piperidine rings is 1. The number of benzene rings is 2. The molecule has 3 amide bonds. The lowest BCUT2D eigenvalue weighted by Crippen LogP contribution is -2.44. The Kier molecular flexibility index (Phi) is 6.82. The highest BCUT2D eigenvalue weighted by Gasteiger charge is 2.32. The fourth-order valence-electron chi connectivity index (χ4n) is 3.66. The van der Waals surface area contributed by atoms with Gasteiger partial charge in [-0.15, -0.1) is 0 Å². The quantitative estimate of drug-likeness (QED) is 0.715. The van der Waals surface area contributed by atoms with Crippen LogP contribution in [0, 0.1) is 11.2 Å². The Morgan fingerprint density at radius 3 is 2.50 bits per heavy atom. The molecule has 1 heterocycles.